The average Bonchev–Trinajstić information content (AvgIpc) is 2.46. The van der Waals surface area contributed by atoms with Gasteiger partial charge in [-0.05, 0) is 30.7 Å². The largest absolute Gasteiger partial charge is 0.456 e. The predicted molar refractivity (Wildman–Crippen MR) is 76.6 cm³/mol. The number of aromatic nitrogens is 1. The summed E-state index contributed by atoms with van der Waals surface area (Å²) in [7, 11) is 0. The van der Waals surface area contributed by atoms with Crippen LogP contribution in [0.4, 0.5) is 19.0 Å². The third kappa shape index (κ3) is 3.38. The van der Waals surface area contributed by atoms with Gasteiger partial charge in [-0.15, -0.1) is 0 Å². The number of ether oxygens (including phenoxy) is 1. The highest BCUT2D eigenvalue weighted by molar-refractivity contribution is 5.50. The first-order valence-electron chi connectivity index (χ1n) is 6.89. The van der Waals surface area contributed by atoms with Crippen molar-refractivity contribution < 1.29 is 23.1 Å². The Bertz CT molecular complexity index is 721. The molecule has 1 aromatic heterocycles. The van der Waals surface area contributed by atoms with Crippen LogP contribution in [0.15, 0.2) is 36.5 Å². The number of anilines is 1. The summed E-state index contributed by atoms with van der Waals surface area (Å²) in [6, 6.07) is 5.96. The van der Waals surface area contributed by atoms with Crippen LogP contribution in [-0.4, -0.2) is 22.8 Å². The number of nitrogens with two attached hydrogens (primary N) is 1. The topological polar surface area (TPSA) is 71.6 Å². The molecule has 0 amide bonds. The van der Waals surface area contributed by atoms with E-state index < -0.39 is 11.7 Å². The summed E-state index contributed by atoms with van der Waals surface area (Å²) in [5.41, 5.74) is 5.70. The zero-order chi connectivity index (χ0) is 16.6. The number of pyridine rings is 1. The molecule has 0 radical (unpaired) electrons. The molecular formula is C15H14F3N3O2. The highest BCUT2D eigenvalue weighted by Gasteiger charge is 2.30. The first kappa shape index (κ1) is 15.6. The van der Waals surface area contributed by atoms with Crippen LogP contribution < -0.4 is 15.5 Å². The minimum atomic E-state index is -4.43. The molecule has 0 saturated carbocycles. The Hall–Kier alpha value is -2.32. The Morgan fingerprint density at radius 3 is 2.78 bits per heavy atom. The van der Waals surface area contributed by atoms with E-state index in [1.807, 2.05) is 0 Å². The molecule has 0 aliphatic carbocycles. The Kier molecular flexibility index (Phi) is 3.87. The lowest BCUT2D eigenvalue weighted by Gasteiger charge is -2.28. The molecule has 0 fully saturated rings. The van der Waals surface area contributed by atoms with E-state index in [9.17, 15) is 18.4 Å². The highest BCUT2D eigenvalue weighted by Crippen LogP contribution is 2.33. The number of alkyl halides is 3. The fourth-order valence-corrected chi connectivity index (χ4v) is 2.45. The van der Waals surface area contributed by atoms with Crippen molar-refractivity contribution in [3.8, 4) is 11.5 Å². The SMILES string of the molecule is N[C@H]1Cc2cc(Oc3cccc(C(F)(F)F)c3)cnc2N(O)C1. The second-order valence-corrected chi connectivity index (χ2v) is 5.33. The number of nitrogens with zero attached hydrogens (tertiary/aromatic N) is 2. The quantitative estimate of drug-likeness (QED) is 0.888. The summed E-state index contributed by atoms with van der Waals surface area (Å²) in [6.45, 7) is 0.272. The molecule has 2 aromatic rings. The van der Waals surface area contributed by atoms with Crippen molar-refractivity contribution >= 4 is 5.82 Å². The fraction of sp³-hybridized carbons (Fsp3) is 0.267. The van der Waals surface area contributed by atoms with Gasteiger partial charge in [0, 0.05) is 11.6 Å². The number of halogens is 3. The molecule has 5 nitrogen and oxygen atoms in total. The van der Waals surface area contributed by atoms with Crippen molar-refractivity contribution in [3.05, 3.63) is 47.7 Å². The van der Waals surface area contributed by atoms with E-state index in [2.05, 4.69) is 4.98 Å². The van der Waals surface area contributed by atoms with Gasteiger partial charge >= 0.3 is 6.18 Å². The zero-order valence-electron chi connectivity index (χ0n) is 11.9. The third-order valence-corrected chi connectivity index (χ3v) is 3.45. The third-order valence-electron chi connectivity index (χ3n) is 3.45. The van der Waals surface area contributed by atoms with Crippen LogP contribution in [-0.2, 0) is 12.6 Å². The van der Waals surface area contributed by atoms with Crippen molar-refractivity contribution in [2.45, 2.75) is 18.6 Å². The lowest BCUT2D eigenvalue weighted by atomic mass is 10.0. The summed E-state index contributed by atoms with van der Waals surface area (Å²) < 4.78 is 43.6. The zero-order valence-corrected chi connectivity index (χ0v) is 11.9. The van der Waals surface area contributed by atoms with Gasteiger partial charge in [-0.2, -0.15) is 13.2 Å². The normalized spacial score (nSPS) is 17.8. The molecule has 1 aliphatic rings. The first-order valence-corrected chi connectivity index (χ1v) is 6.89. The molecule has 1 aliphatic heterocycles. The average molecular weight is 325 g/mol. The van der Waals surface area contributed by atoms with Crippen molar-refractivity contribution in [2.75, 3.05) is 11.6 Å². The van der Waals surface area contributed by atoms with Crippen LogP contribution in [0.1, 0.15) is 11.1 Å². The van der Waals surface area contributed by atoms with Crippen LogP contribution in [0.2, 0.25) is 0 Å². The van der Waals surface area contributed by atoms with E-state index in [-0.39, 0.29) is 24.1 Å². The second-order valence-electron chi connectivity index (χ2n) is 5.33. The molecule has 0 bridgehead atoms. The number of fused-ring (bicyclic) bond motifs is 1. The molecule has 0 spiro atoms. The van der Waals surface area contributed by atoms with E-state index in [1.54, 1.807) is 6.07 Å². The standard InChI is InChI=1S/C15H14F3N3O2/c16-15(17,18)10-2-1-3-12(6-10)23-13-5-9-4-11(19)8-21(22)14(9)20-7-13/h1-3,5-7,11,22H,4,8,19H2/t11-/m0/s1. The molecule has 0 unspecified atom stereocenters. The number of rotatable bonds is 2. The molecule has 122 valence electrons. The van der Waals surface area contributed by atoms with Gasteiger partial charge in [0.15, 0.2) is 5.82 Å². The number of benzene rings is 1. The van der Waals surface area contributed by atoms with Gasteiger partial charge in [0.05, 0.1) is 18.3 Å². The minimum absolute atomic E-state index is 0.0579. The molecule has 8 heteroatoms. The fourth-order valence-electron chi connectivity index (χ4n) is 2.45. The lowest BCUT2D eigenvalue weighted by Crippen LogP contribution is -2.42. The molecule has 3 N–H and O–H groups in total. The van der Waals surface area contributed by atoms with Gasteiger partial charge in [0.2, 0.25) is 0 Å². The lowest BCUT2D eigenvalue weighted by molar-refractivity contribution is -0.137. The van der Waals surface area contributed by atoms with Crippen molar-refractivity contribution in [3.63, 3.8) is 0 Å². The number of hydrogen-bond acceptors (Lipinski definition) is 5. The summed E-state index contributed by atoms with van der Waals surface area (Å²) in [4.78, 5) is 4.08. The monoisotopic (exact) mass is 325 g/mol. The van der Waals surface area contributed by atoms with Crippen LogP contribution in [0.5, 0.6) is 11.5 Å². The van der Waals surface area contributed by atoms with Crippen molar-refractivity contribution in [1.29, 1.82) is 0 Å². The van der Waals surface area contributed by atoms with Gasteiger partial charge in [-0.1, -0.05) is 6.07 Å². The first-order chi connectivity index (χ1) is 10.8. The second kappa shape index (κ2) is 5.71. The van der Waals surface area contributed by atoms with E-state index in [1.165, 1.54) is 18.3 Å². The van der Waals surface area contributed by atoms with E-state index in [0.29, 0.717) is 17.8 Å². The predicted octanol–water partition coefficient (Wildman–Crippen LogP) is 2.97. The Morgan fingerprint density at radius 1 is 1.26 bits per heavy atom. The molecule has 23 heavy (non-hydrogen) atoms. The van der Waals surface area contributed by atoms with E-state index in [0.717, 1.165) is 17.2 Å². The summed E-state index contributed by atoms with van der Waals surface area (Å²) in [5.74, 6) is 0.719. The summed E-state index contributed by atoms with van der Waals surface area (Å²) in [6.07, 6.45) is -2.59. The van der Waals surface area contributed by atoms with Crippen LogP contribution >= 0.6 is 0 Å². The van der Waals surface area contributed by atoms with Gasteiger partial charge in [-0.25, -0.2) is 10.0 Å². The van der Waals surface area contributed by atoms with Crippen molar-refractivity contribution in [2.24, 2.45) is 5.73 Å². The Labute approximate surface area is 130 Å². The summed E-state index contributed by atoms with van der Waals surface area (Å²) >= 11 is 0. The van der Waals surface area contributed by atoms with Gasteiger partial charge in [0.25, 0.3) is 0 Å². The number of hydrogen-bond donors (Lipinski definition) is 2. The molecule has 1 atom stereocenters. The van der Waals surface area contributed by atoms with Crippen LogP contribution in [0.25, 0.3) is 0 Å². The Morgan fingerprint density at radius 2 is 2.04 bits per heavy atom. The van der Waals surface area contributed by atoms with E-state index in [4.69, 9.17) is 10.5 Å². The molecule has 2 heterocycles. The maximum atomic E-state index is 12.7. The van der Waals surface area contributed by atoms with Crippen LogP contribution in [0, 0.1) is 0 Å². The smallest absolute Gasteiger partial charge is 0.416 e. The maximum Gasteiger partial charge on any atom is 0.416 e. The van der Waals surface area contributed by atoms with Crippen molar-refractivity contribution in [1.82, 2.24) is 4.98 Å². The molecule has 1 aromatic carbocycles. The minimum Gasteiger partial charge on any atom is -0.456 e. The van der Waals surface area contributed by atoms with Gasteiger partial charge in [-0.3, -0.25) is 5.21 Å². The Balaban J connectivity index is 1.85. The molecule has 0 saturated heterocycles. The van der Waals surface area contributed by atoms with Gasteiger partial charge < -0.3 is 10.5 Å². The highest BCUT2D eigenvalue weighted by atomic mass is 19.4. The van der Waals surface area contributed by atoms with Crippen LogP contribution in [0.3, 0.4) is 0 Å². The summed E-state index contributed by atoms with van der Waals surface area (Å²) in [5, 5.41) is 10.7. The molecular weight excluding hydrogens is 311 g/mol. The van der Waals surface area contributed by atoms with Gasteiger partial charge in [0.1, 0.15) is 11.5 Å². The maximum absolute atomic E-state index is 12.7. The molecule has 3 rings (SSSR count). The number of hydroxylamine groups is 1. The van der Waals surface area contributed by atoms with E-state index >= 15 is 0 Å².